The molecule has 4 nitrogen and oxygen atoms in total. The number of rotatable bonds is 3. The molecule has 2 unspecified atom stereocenters. The molecule has 1 fully saturated rings. The second-order valence-electron chi connectivity index (χ2n) is 4.88. The van der Waals surface area contributed by atoms with Gasteiger partial charge in [-0.15, -0.1) is 4.31 Å². The molecule has 1 aromatic rings. The fraction of sp³-hybridized carbons (Fsp3) is 0.500. The zero-order valence-electron chi connectivity index (χ0n) is 10.7. The second kappa shape index (κ2) is 5.94. The molecule has 2 atom stereocenters. The number of alkyl halides is 3. The first-order valence-corrected chi connectivity index (χ1v) is 7.51. The first kappa shape index (κ1) is 16.9. The number of benzene rings is 1. The predicted octanol–water partition coefficient (Wildman–Crippen LogP) is 1.81. The highest BCUT2D eigenvalue weighted by molar-refractivity contribution is 7.89. The minimum atomic E-state index is -4.68. The molecule has 21 heavy (non-hydrogen) atoms. The average molecular weight is 344 g/mol. The van der Waals surface area contributed by atoms with E-state index in [0.717, 1.165) is 12.1 Å². The van der Waals surface area contributed by atoms with Crippen molar-refractivity contribution >= 4 is 23.0 Å². The molecule has 0 spiro atoms. The van der Waals surface area contributed by atoms with Crippen LogP contribution in [0.4, 0.5) is 13.2 Å². The van der Waals surface area contributed by atoms with Crippen molar-refractivity contribution in [2.45, 2.75) is 23.1 Å². The van der Waals surface area contributed by atoms with Crippen molar-refractivity contribution in [3.63, 3.8) is 0 Å². The van der Waals surface area contributed by atoms with E-state index in [1.807, 2.05) is 0 Å². The molecule has 0 aromatic heterocycles. The van der Waals surface area contributed by atoms with Gasteiger partial charge in [-0.3, -0.25) is 0 Å². The highest BCUT2D eigenvalue weighted by Crippen LogP contribution is 2.38. The van der Waals surface area contributed by atoms with Crippen LogP contribution in [-0.2, 0) is 17.5 Å². The van der Waals surface area contributed by atoms with Gasteiger partial charge in [0.05, 0.1) is 24.5 Å². The normalized spacial score (nSPS) is 25.3. The van der Waals surface area contributed by atoms with Crippen LogP contribution in [0.1, 0.15) is 12.0 Å². The van der Waals surface area contributed by atoms with Crippen molar-refractivity contribution in [1.29, 1.82) is 0 Å². The van der Waals surface area contributed by atoms with Gasteiger partial charge in [-0.25, -0.2) is 0 Å². The van der Waals surface area contributed by atoms with E-state index in [1.54, 1.807) is 0 Å². The van der Waals surface area contributed by atoms with Gasteiger partial charge in [0.15, 0.2) is 4.90 Å². The largest absolute Gasteiger partial charge is 0.593 e. The fourth-order valence-electron chi connectivity index (χ4n) is 2.10. The van der Waals surface area contributed by atoms with Gasteiger partial charge in [0.25, 0.3) is 0 Å². The molecule has 0 bridgehead atoms. The Balaban J connectivity index is 2.30. The topological polar surface area (TPSA) is 66.8 Å². The zero-order valence-corrected chi connectivity index (χ0v) is 12.3. The third-order valence-corrected chi connectivity index (χ3v) is 5.01. The summed E-state index contributed by atoms with van der Waals surface area (Å²) in [4.78, 5) is -0.408. The Bertz CT molecular complexity index is 531. The molecule has 1 aliphatic heterocycles. The van der Waals surface area contributed by atoms with Crippen LogP contribution in [0.25, 0.3) is 0 Å². The summed E-state index contributed by atoms with van der Waals surface area (Å²) in [6.45, 7) is -0.562. The van der Waals surface area contributed by atoms with E-state index < -0.39 is 40.2 Å². The van der Waals surface area contributed by atoms with Crippen LogP contribution in [0.3, 0.4) is 0 Å². The van der Waals surface area contributed by atoms with Gasteiger partial charge in [0, 0.05) is 11.6 Å². The highest BCUT2D eigenvalue weighted by atomic mass is 35.5. The van der Waals surface area contributed by atoms with E-state index in [4.69, 9.17) is 16.7 Å². The van der Waals surface area contributed by atoms with Crippen LogP contribution in [0.5, 0.6) is 0 Å². The number of halogens is 4. The lowest BCUT2D eigenvalue weighted by molar-refractivity contribution is -0.139. The van der Waals surface area contributed by atoms with Crippen LogP contribution in [0.2, 0.25) is 5.02 Å². The van der Waals surface area contributed by atoms with Gasteiger partial charge in [-0.05, 0) is 24.6 Å². The molecule has 1 heterocycles. The quantitative estimate of drug-likeness (QED) is 0.821. The number of aliphatic hydroxyl groups excluding tert-OH is 1. The predicted molar refractivity (Wildman–Crippen MR) is 71.1 cm³/mol. The lowest BCUT2D eigenvalue weighted by Gasteiger charge is -2.23. The molecule has 0 radical (unpaired) electrons. The summed E-state index contributed by atoms with van der Waals surface area (Å²) < 4.78 is 52.5. The standard InChI is InChI=1S/C12H13ClF3NO3S/c13-8-1-2-10(9(5-8)12(14,15)16)21(20)17-4-3-11(19,6-17)7-18/h1-2,5,18-19H,3-4,6-7H2. The third kappa shape index (κ3) is 3.64. The first-order chi connectivity index (χ1) is 9.66. The Hall–Kier alpha value is -0.510. The molecule has 0 saturated carbocycles. The fourth-order valence-corrected chi connectivity index (χ4v) is 3.72. The molecule has 1 saturated heterocycles. The average Bonchev–Trinajstić information content (AvgIpc) is 2.80. The summed E-state index contributed by atoms with van der Waals surface area (Å²) in [5.41, 5.74) is -2.49. The van der Waals surface area contributed by atoms with Gasteiger partial charge < -0.3 is 14.8 Å². The van der Waals surface area contributed by atoms with E-state index in [1.165, 1.54) is 10.4 Å². The first-order valence-electron chi connectivity index (χ1n) is 6.03. The Morgan fingerprint density at radius 1 is 1.43 bits per heavy atom. The van der Waals surface area contributed by atoms with Crippen LogP contribution in [0, 0.1) is 0 Å². The van der Waals surface area contributed by atoms with Gasteiger partial charge in [-0.2, -0.15) is 13.2 Å². The molecule has 2 rings (SSSR count). The van der Waals surface area contributed by atoms with Gasteiger partial charge in [0.2, 0.25) is 0 Å². The monoisotopic (exact) mass is 343 g/mol. The number of β-amino-alcohol motifs (C(OH)–C–C–N with tert-alkyl or cyclic N) is 1. The minimum absolute atomic E-state index is 0.101. The maximum atomic E-state index is 13.0. The lowest BCUT2D eigenvalue weighted by atomic mass is 10.1. The summed E-state index contributed by atoms with van der Waals surface area (Å²) in [5.74, 6) is 0. The van der Waals surface area contributed by atoms with Crippen LogP contribution < -0.4 is 0 Å². The maximum Gasteiger partial charge on any atom is 0.421 e. The zero-order chi connectivity index (χ0) is 15.8. The number of aliphatic hydroxyl groups is 2. The minimum Gasteiger partial charge on any atom is -0.593 e. The summed E-state index contributed by atoms with van der Waals surface area (Å²) in [6.07, 6.45) is -4.53. The Kier molecular flexibility index (Phi) is 4.77. The van der Waals surface area contributed by atoms with Gasteiger partial charge in [-0.1, -0.05) is 11.6 Å². The van der Waals surface area contributed by atoms with Crippen molar-refractivity contribution in [2.24, 2.45) is 0 Å². The molecule has 9 heteroatoms. The summed E-state index contributed by atoms with van der Waals surface area (Å²) in [5, 5.41) is 18.8. The summed E-state index contributed by atoms with van der Waals surface area (Å²) >= 11 is 3.48. The number of nitrogens with zero attached hydrogens (tertiary/aromatic N) is 1. The molecular weight excluding hydrogens is 331 g/mol. The van der Waals surface area contributed by atoms with Crippen molar-refractivity contribution in [3.8, 4) is 0 Å². The smallest absolute Gasteiger partial charge is 0.421 e. The van der Waals surface area contributed by atoms with Crippen LogP contribution in [0.15, 0.2) is 23.1 Å². The Morgan fingerprint density at radius 3 is 2.62 bits per heavy atom. The van der Waals surface area contributed by atoms with Crippen molar-refractivity contribution in [3.05, 3.63) is 28.8 Å². The summed E-state index contributed by atoms with van der Waals surface area (Å²) in [7, 11) is 0. The molecule has 1 aromatic carbocycles. The molecule has 2 N–H and O–H groups in total. The maximum absolute atomic E-state index is 13.0. The summed E-state index contributed by atoms with van der Waals surface area (Å²) in [6, 6.07) is 3.03. The van der Waals surface area contributed by atoms with E-state index >= 15 is 0 Å². The number of hydrogen-bond donors (Lipinski definition) is 2. The second-order valence-corrected chi connectivity index (χ2v) is 6.77. The molecule has 118 valence electrons. The molecular formula is C12H13ClF3NO3S. The highest BCUT2D eigenvalue weighted by Gasteiger charge is 2.45. The molecule has 0 amide bonds. The van der Waals surface area contributed by atoms with E-state index in [-0.39, 0.29) is 24.5 Å². The van der Waals surface area contributed by atoms with Crippen molar-refractivity contribution in [1.82, 2.24) is 4.31 Å². The SMILES string of the molecule is [O-][S+](c1ccc(Cl)cc1C(F)(F)F)N1CCC(O)(CO)C1. The van der Waals surface area contributed by atoms with Crippen LogP contribution in [-0.4, -0.2) is 44.4 Å². The van der Waals surface area contributed by atoms with Crippen LogP contribution >= 0.6 is 11.6 Å². The third-order valence-electron chi connectivity index (χ3n) is 3.26. The molecule has 1 aliphatic rings. The van der Waals surface area contributed by atoms with E-state index in [0.29, 0.717) is 0 Å². The Labute approximate surface area is 127 Å². The van der Waals surface area contributed by atoms with E-state index in [2.05, 4.69) is 0 Å². The van der Waals surface area contributed by atoms with Gasteiger partial charge in [0.1, 0.15) is 11.2 Å². The van der Waals surface area contributed by atoms with Crippen molar-refractivity contribution < 1.29 is 27.9 Å². The Morgan fingerprint density at radius 2 is 2.10 bits per heavy atom. The van der Waals surface area contributed by atoms with E-state index in [9.17, 15) is 22.8 Å². The molecule has 0 aliphatic carbocycles. The van der Waals surface area contributed by atoms with Gasteiger partial charge >= 0.3 is 6.18 Å². The number of hydrogen-bond acceptors (Lipinski definition) is 4. The lowest BCUT2D eigenvalue weighted by Crippen LogP contribution is -2.39. The van der Waals surface area contributed by atoms with Crippen molar-refractivity contribution in [2.75, 3.05) is 19.7 Å².